The Hall–Kier alpha value is -1.73. The van der Waals surface area contributed by atoms with Crippen molar-refractivity contribution in [2.45, 2.75) is 12.4 Å². The Labute approximate surface area is 91.0 Å². The maximum absolute atomic E-state index is 12.3. The van der Waals surface area contributed by atoms with Gasteiger partial charge in [-0.05, 0) is 12.1 Å². The van der Waals surface area contributed by atoms with Crippen molar-refractivity contribution >= 4 is 12.0 Å². The molecule has 0 saturated heterocycles. The molecule has 17 heavy (non-hydrogen) atoms. The predicted octanol–water partition coefficient (Wildman–Crippen LogP) is 3.12. The van der Waals surface area contributed by atoms with Crippen LogP contribution in [0.5, 0.6) is 0 Å². The van der Waals surface area contributed by atoms with Gasteiger partial charge >= 0.3 is 12.4 Å². The van der Waals surface area contributed by atoms with Crippen LogP contribution in [0, 0.1) is 0 Å². The average Bonchev–Trinajstić information content (AvgIpc) is 2.13. The van der Waals surface area contributed by atoms with Gasteiger partial charge in [0.25, 0.3) is 0 Å². The summed E-state index contributed by atoms with van der Waals surface area (Å²) < 4.78 is 74.0. The molecule has 1 rings (SSSR count). The molecule has 0 heterocycles. The second-order valence-corrected chi connectivity index (χ2v) is 3.10. The summed E-state index contributed by atoms with van der Waals surface area (Å²) in [5.41, 5.74) is -0.449. The molecule has 0 fully saturated rings. The average molecular weight is 257 g/mol. The van der Waals surface area contributed by atoms with Gasteiger partial charge in [0.15, 0.2) is 6.29 Å². The first-order valence-electron chi connectivity index (χ1n) is 4.11. The molecule has 0 unspecified atom stereocenters. The number of nitrogen functional groups attached to an aromatic ring is 1. The summed E-state index contributed by atoms with van der Waals surface area (Å²) >= 11 is 0. The van der Waals surface area contributed by atoms with Gasteiger partial charge in [0.2, 0.25) is 0 Å². The number of alkyl halides is 6. The van der Waals surface area contributed by atoms with Crippen molar-refractivity contribution in [2.75, 3.05) is 5.73 Å². The molecule has 0 spiro atoms. The Kier molecular flexibility index (Phi) is 3.09. The number of aldehydes is 1. The van der Waals surface area contributed by atoms with Gasteiger partial charge in [0.1, 0.15) is 0 Å². The molecule has 8 heteroatoms. The van der Waals surface area contributed by atoms with Crippen molar-refractivity contribution in [2.24, 2.45) is 0 Å². The molecular formula is C9H5F6NO. The molecule has 0 aliphatic rings. The van der Waals surface area contributed by atoms with E-state index in [1.165, 1.54) is 0 Å². The summed E-state index contributed by atoms with van der Waals surface area (Å²) in [7, 11) is 0. The van der Waals surface area contributed by atoms with E-state index in [1.807, 2.05) is 0 Å². The largest absolute Gasteiger partial charge is 0.418 e. The minimum Gasteiger partial charge on any atom is -0.398 e. The molecule has 0 bridgehead atoms. The first-order chi connectivity index (χ1) is 7.59. The number of carbonyl (C=O) groups excluding carboxylic acids is 1. The van der Waals surface area contributed by atoms with E-state index in [0.29, 0.717) is 0 Å². The van der Waals surface area contributed by atoms with E-state index in [9.17, 15) is 31.1 Å². The number of benzene rings is 1. The topological polar surface area (TPSA) is 43.1 Å². The van der Waals surface area contributed by atoms with Gasteiger partial charge in [0.05, 0.1) is 22.4 Å². The van der Waals surface area contributed by atoms with Crippen LogP contribution >= 0.6 is 0 Å². The summed E-state index contributed by atoms with van der Waals surface area (Å²) in [5.74, 6) is 0. The number of hydrogen-bond acceptors (Lipinski definition) is 2. The number of halogens is 6. The van der Waals surface area contributed by atoms with E-state index < -0.39 is 34.7 Å². The second-order valence-electron chi connectivity index (χ2n) is 3.10. The highest BCUT2D eigenvalue weighted by Crippen LogP contribution is 2.40. The molecule has 2 nitrogen and oxygen atoms in total. The minimum atomic E-state index is -4.94. The lowest BCUT2D eigenvalue weighted by molar-refractivity contribution is -0.141. The van der Waals surface area contributed by atoms with Crippen LogP contribution in [0.3, 0.4) is 0 Å². The number of nitrogens with two attached hydrogens (primary N) is 1. The van der Waals surface area contributed by atoms with E-state index in [1.54, 1.807) is 0 Å². The summed E-state index contributed by atoms with van der Waals surface area (Å²) in [4.78, 5) is 10.4. The number of hydrogen-bond donors (Lipinski definition) is 1. The van der Waals surface area contributed by atoms with E-state index in [-0.39, 0.29) is 18.4 Å². The van der Waals surface area contributed by atoms with Crippen molar-refractivity contribution in [3.05, 3.63) is 28.8 Å². The quantitative estimate of drug-likeness (QED) is 0.477. The van der Waals surface area contributed by atoms with Crippen molar-refractivity contribution in [3.8, 4) is 0 Å². The van der Waals surface area contributed by atoms with E-state index >= 15 is 0 Å². The third-order valence-electron chi connectivity index (χ3n) is 2.02. The normalized spacial score (nSPS) is 12.6. The van der Waals surface area contributed by atoms with E-state index in [4.69, 9.17) is 5.73 Å². The monoisotopic (exact) mass is 257 g/mol. The molecule has 0 atom stereocenters. The highest BCUT2D eigenvalue weighted by Gasteiger charge is 2.39. The van der Waals surface area contributed by atoms with Crippen LogP contribution in [0.15, 0.2) is 12.1 Å². The lowest BCUT2D eigenvalue weighted by Gasteiger charge is -2.15. The third-order valence-corrected chi connectivity index (χ3v) is 2.02. The van der Waals surface area contributed by atoms with Crippen molar-refractivity contribution in [1.29, 1.82) is 0 Å². The lowest BCUT2D eigenvalue weighted by Crippen LogP contribution is -2.16. The fraction of sp³-hybridized carbons (Fsp3) is 0.222. The number of rotatable bonds is 1. The molecule has 94 valence electrons. The van der Waals surface area contributed by atoms with Crippen LogP contribution in [-0.4, -0.2) is 6.29 Å². The fourth-order valence-electron chi connectivity index (χ4n) is 1.26. The zero-order valence-corrected chi connectivity index (χ0v) is 7.99. The van der Waals surface area contributed by atoms with Gasteiger partial charge in [-0.1, -0.05) is 0 Å². The number of anilines is 1. The Morgan fingerprint density at radius 3 is 1.71 bits per heavy atom. The SMILES string of the molecule is Nc1c(C(F)(F)F)ccc(C(F)(F)F)c1C=O. The predicted molar refractivity (Wildman–Crippen MR) is 46.2 cm³/mol. The molecule has 0 aromatic heterocycles. The van der Waals surface area contributed by atoms with Crippen LogP contribution in [0.4, 0.5) is 32.0 Å². The first kappa shape index (κ1) is 13.3. The van der Waals surface area contributed by atoms with Crippen LogP contribution in [0.25, 0.3) is 0 Å². The second kappa shape index (κ2) is 3.94. The van der Waals surface area contributed by atoms with Gasteiger partial charge in [-0.3, -0.25) is 4.79 Å². The third kappa shape index (κ3) is 2.51. The van der Waals surface area contributed by atoms with Gasteiger partial charge < -0.3 is 5.73 Å². The maximum atomic E-state index is 12.3. The number of carbonyl (C=O) groups is 1. The van der Waals surface area contributed by atoms with Crippen LogP contribution in [0.2, 0.25) is 0 Å². The summed E-state index contributed by atoms with van der Waals surface area (Å²) in [6.07, 6.45) is -10.2. The zero-order valence-electron chi connectivity index (χ0n) is 7.99. The Balaban J connectivity index is 3.54. The molecular weight excluding hydrogens is 252 g/mol. The molecule has 0 amide bonds. The fourth-order valence-corrected chi connectivity index (χ4v) is 1.26. The van der Waals surface area contributed by atoms with E-state index in [2.05, 4.69) is 0 Å². The maximum Gasteiger partial charge on any atom is 0.418 e. The molecule has 0 saturated carbocycles. The van der Waals surface area contributed by atoms with Crippen molar-refractivity contribution in [1.82, 2.24) is 0 Å². The highest BCUT2D eigenvalue weighted by molar-refractivity contribution is 5.87. The van der Waals surface area contributed by atoms with Crippen molar-refractivity contribution in [3.63, 3.8) is 0 Å². The smallest absolute Gasteiger partial charge is 0.398 e. The van der Waals surface area contributed by atoms with Gasteiger partial charge in [-0.25, -0.2) is 0 Å². The Morgan fingerprint density at radius 1 is 0.941 bits per heavy atom. The van der Waals surface area contributed by atoms with Crippen molar-refractivity contribution < 1.29 is 31.1 Å². The summed E-state index contributed by atoms with van der Waals surface area (Å²) in [6, 6.07) is 0.383. The Bertz CT molecular complexity index is 448. The zero-order chi connectivity index (χ0) is 13.4. The van der Waals surface area contributed by atoms with Crippen LogP contribution in [0.1, 0.15) is 21.5 Å². The molecule has 0 aliphatic heterocycles. The van der Waals surface area contributed by atoms with E-state index in [0.717, 1.165) is 0 Å². The standard InChI is InChI=1S/C9H5F6NO/c10-8(11,12)5-1-2-6(9(13,14)15)7(16)4(5)3-17/h1-3H,16H2. The van der Waals surface area contributed by atoms with Crippen LogP contribution in [-0.2, 0) is 12.4 Å². The first-order valence-corrected chi connectivity index (χ1v) is 4.11. The minimum absolute atomic E-state index is 0.183. The highest BCUT2D eigenvalue weighted by atomic mass is 19.4. The molecule has 2 N–H and O–H groups in total. The molecule has 0 aliphatic carbocycles. The van der Waals surface area contributed by atoms with Gasteiger partial charge in [-0.2, -0.15) is 26.3 Å². The van der Waals surface area contributed by atoms with Gasteiger partial charge in [-0.15, -0.1) is 0 Å². The van der Waals surface area contributed by atoms with Crippen LogP contribution < -0.4 is 5.73 Å². The Morgan fingerprint density at radius 2 is 1.35 bits per heavy atom. The summed E-state index contributed by atoms with van der Waals surface area (Å²) in [5, 5.41) is 0. The molecule has 1 aromatic rings. The van der Waals surface area contributed by atoms with Gasteiger partial charge in [0, 0.05) is 0 Å². The molecule has 1 aromatic carbocycles. The lowest BCUT2D eigenvalue weighted by atomic mass is 10.0. The summed E-state index contributed by atoms with van der Waals surface area (Å²) in [6.45, 7) is 0. The molecule has 0 radical (unpaired) electrons.